The lowest BCUT2D eigenvalue weighted by molar-refractivity contribution is -0.118. The number of ether oxygens (including phenoxy) is 1. The van der Waals surface area contributed by atoms with Crippen molar-refractivity contribution in [2.24, 2.45) is 0 Å². The van der Waals surface area contributed by atoms with Gasteiger partial charge in [-0.25, -0.2) is 0 Å². The molecule has 1 N–H and O–H groups in total. The van der Waals surface area contributed by atoms with Crippen LogP contribution in [0, 0.1) is 0 Å². The molecule has 0 unspecified atom stereocenters. The highest BCUT2D eigenvalue weighted by atomic mass is 32.2. The molecule has 6 nitrogen and oxygen atoms in total. The summed E-state index contributed by atoms with van der Waals surface area (Å²) in [6, 6.07) is 15.5. The van der Waals surface area contributed by atoms with Crippen LogP contribution in [-0.2, 0) is 4.79 Å². The third kappa shape index (κ3) is 5.10. The van der Waals surface area contributed by atoms with Gasteiger partial charge in [0, 0.05) is 10.5 Å². The maximum atomic E-state index is 12.0. The van der Waals surface area contributed by atoms with Gasteiger partial charge >= 0.3 is 6.01 Å². The Morgan fingerprint density at radius 1 is 1.11 bits per heavy atom. The number of anilines is 1. The summed E-state index contributed by atoms with van der Waals surface area (Å²) in [4.78, 5) is 13.2. The van der Waals surface area contributed by atoms with Crippen molar-refractivity contribution >= 4 is 23.7 Å². The van der Waals surface area contributed by atoms with Gasteiger partial charge in [0.2, 0.25) is 5.89 Å². The number of aromatic nitrogens is 2. The Bertz CT molecular complexity index is 890. The number of carbonyl (C=O) groups is 1. The van der Waals surface area contributed by atoms with E-state index in [9.17, 15) is 4.79 Å². The lowest BCUT2D eigenvalue weighted by atomic mass is 10.0. The van der Waals surface area contributed by atoms with Crippen LogP contribution < -0.4 is 10.1 Å². The summed E-state index contributed by atoms with van der Waals surface area (Å²) in [6.07, 6.45) is 2.01. The number of carbonyl (C=O) groups excluding carboxylic acids is 1. The highest BCUT2D eigenvalue weighted by molar-refractivity contribution is 7.98. The first-order valence-electron chi connectivity index (χ1n) is 8.55. The Labute approximate surface area is 162 Å². The first kappa shape index (κ1) is 19.0. The first-order valence-corrected chi connectivity index (χ1v) is 9.78. The van der Waals surface area contributed by atoms with Crippen LogP contribution in [0.5, 0.6) is 5.75 Å². The predicted octanol–water partition coefficient (Wildman–Crippen LogP) is 4.60. The van der Waals surface area contributed by atoms with Gasteiger partial charge in [-0.1, -0.05) is 31.1 Å². The average Bonchev–Trinajstić information content (AvgIpc) is 3.15. The van der Waals surface area contributed by atoms with E-state index in [4.69, 9.17) is 9.15 Å². The van der Waals surface area contributed by atoms with Crippen LogP contribution in [0.1, 0.15) is 25.3 Å². The third-order valence-corrected chi connectivity index (χ3v) is 4.67. The molecule has 7 heteroatoms. The highest BCUT2D eigenvalue weighted by Gasteiger charge is 2.12. The van der Waals surface area contributed by atoms with E-state index in [1.807, 2.05) is 54.8 Å². The Hall–Kier alpha value is -2.80. The molecule has 0 aliphatic carbocycles. The number of nitrogens with zero attached hydrogens (tertiary/aromatic N) is 2. The number of amides is 1. The van der Waals surface area contributed by atoms with Crippen LogP contribution >= 0.6 is 11.8 Å². The van der Waals surface area contributed by atoms with Crippen LogP contribution in [0.3, 0.4) is 0 Å². The molecule has 2 aromatic carbocycles. The van der Waals surface area contributed by atoms with Gasteiger partial charge in [-0.3, -0.25) is 10.1 Å². The zero-order valence-electron chi connectivity index (χ0n) is 15.4. The summed E-state index contributed by atoms with van der Waals surface area (Å²) in [6.45, 7) is 4.11. The van der Waals surface area contributed by atoms with Gasteiger partial charge in [0.1, 0.15) is 5.75 Å². The molecule has 0 saturated carbocycles. The normalized spacial score (nSPS) is 10.8. The number of rotatable bonds is 7. The second-order valence-corrected chi connectivity index (χ2v) is 7.08. The minimum Gasteiger partial charge on any atom is -0.484 e. The molecule has 3 rings (SSSR count). The molecule has 1 amide bonds. The van der Waals surface area contributed by atoms with Crippen molar-refractivity contribution in [2.45, 2.75) is 24.7 Å². The Morgan fingerprint density at radius 3 is 2.44 bits per heavy atom. The maximum Gasteiger partial charge on any atom is 0.322 e. The number of benzene rings is 2. The Kier molecular flexibility index (Phi) is 6.13. The molecule has 0 fully saturated rings. The Balaban J connectivity index is 1.54. The average molecular weight is 383 g/mol. The van der Waals surface area contributed by atoms with E-state index in [1.54, 1.807) is 11.8 Å². The fourth-order valence-corrected chi connectivity index (χ4v) is 2.79. The van der Waals surface area contributed by atoms with Crippen LogP contribution in [0.25, 0.3) is 11.5 Å². The van der Waals surface area contributed by atoms with Crippen molar-refractivity contribution in [1.82, 2.24) is 10.2 Å². The molecule has 27 heavy (non-hydrogen) atoms. The quantitative estimate of drug-likeness (QED) is 0.601. The molecule has 0 radical (unpaired) electrons. The highest BCUT2D eigenvalue weighted by Crippen LogP contribution is 2.23. The number of hydrogen-bond donors (Lipinski definition) is 1. The maximum absolute atomic E-state index is 12.0. The fourth-order valence-electron chi connectivity index (χ4n) is 2.38. The second-order valence-electron chi connectivity index (χ2n) is 6.20. The zero-order valence-corrected chi connectivity index (χ0v) is 16.2. The van der Waals surface area contributed by atoms with Crippen LogP contribution in [0.4, 0.5) is 6.01 Å². The van der Waals surface area contributed by atoms with Gasteiger partial charge in [-0.05, 0) is 54.1 Å². The largest absolute Gasteiger partial charge is 0.484 e. The molecule has 0 atom stereocenters. The van der Waals surface area contributed by atoms with E-state index in [0.29, 0.717) is 17.6 Å². The van der Waals surface area contributed by atoms with Gasteiger partial charge < -0.3 is 9.15 Å². The number of hydrogen-bond acceptors (Lipinski definition) is 6. The van der Waals surface area contributed by atoms with Crippen LogP contribution in [0.15, 0.2) is 57.8 Å². The van der Waals surface area contributed by atoms with Crippen LogP contribution in [0.2, 0.25) is 0 Å². The summed E-state index contributed by atoms with van der Waals surface area (Å²) in [7, 11) is 0. The summed E-state index contributed by atoms with van der Waals surface area (Å²) >= 11 is 1.65. The van der Waals surface area contributed by atoms with Gasteiger partial charge in [0.05, 0.1) is 0 Å². The minimum atomic E-state index is -0.365. The molecule has 140 valence electrons. The van der Waals surface area contributed by atoms with E-state index in [2.05, 4.69) is 29.4 Å². The molecule has 0 bridgehead atoms. The Morgan fingerprint density at radius 2 is 1.81 bits per heavy atom. The molecular weight excluding hydrogens is 362 g/mol. The number of thioether (sulfide) groups is 1. The smallest absolute Gasteiger partial charge is 0.322 e. The molecule has 1 heterocycles. The monoisotopic (exact) mass is 383 g/mol. The standard InChI is InChI=1S/C20H21N3O3S/c1-13(2)14-4-8-16(9-5-14)25-12-18(24)21-20-23-22-19(26-20)15-6-10-17(27-3)11-7-15/h4-11,13H,12H2,1-3H3,(H,21,23,24). The lowest BCUT2D eigenvalue weighted by Gasteiger charge is -2.08. The second kappa shape index (κ2) is 8.73. The van der Waals surface area contributed by atoms with Crippen molar-refractivity contribution < 1.29 is 13.9 Å². The first-order chi connectivity index (χ1) is 13.0. The molecule has 0 aliphatic heterocycles. The van der Waals surface area contributed by atoms with Gasteiger partial charge in [-0.2, -0.15) is 0 Å². The topological polar surface area (TPSA) is 77.2 Å². The molecule has 0 aliphatic rings. The summed E-state index contributed by atoms with van der Waals surface area (Å²) < 4.78 is 11.0. The predicted molar refractivity (Wildman–Crippen MR) is 106 cm³/mol. The van der Waals surface area contributed by atoms with Gasteiger partial charge in [0.25, 0.3) is 5.91 Å². The molecule has 0 spiro atoms. The summed E-state index contributed by atoms with van der Waals surface area (Å²) in [5.41, 5.74) is 2.01. The van der Waals surface area contributed by atoms with Crippen molar-refractivity contribution in [3.05, 3.63) is 54.1 Å². The SMILES string of the molecule is CSc1ccc(-c2nnc(NC(=O)COc3ccc(C(C)C)cc3)o2)cc1. The van der Waals surface area contributed by atoms with Crippen LogP contribution in [-0.4, -0.2) is 29.0 Å². The van der Waals surface area contributed by atoms with E-state index < -0.39 is 0 Å². The molecule has 3 aromatic rings. The third-order valence-electron chi connectivity index (χ3n) is 3.93. The van der Waals surface area contributed by atoms with Gasteiger partial charge in [-0.15, -0.1) is 16.9 Å². The minimum absolute atomic E-state index is 0.0442. The van der Waals surface area contributed by atoms with E-state index >= 15 is 0 Å². The number of nitrogens with one attached hydrogen (secondary N) is 1. The molecular formula is C20H21N3O3S. The summed E-state index contributed by atoms with van der Waals surface area (Å²) in [5.74, 6) is 1.07. The van der Waals surface area contributed by atoms with Crippen molar-refractivity contribution in [2.75, 3.05) is 18.2 Å². The fraction of sp³-hybridized carbons (Fsp3) is 0.250. The molecule has 1 aromatic heterocycles. The van der Waals surface area contributed by atoms with Crippen molar-refractivity contribution in [1.29, 1.82) is 0 Å². The van der Waals surface area contributed by atoms with Crippen molar-refractivity contribution in [3.8, 4) is 17.2 Å². The van der Waals surface area contributed by atoms with E-state index in [1.165, 1.54) is 5.56 Å². The lowest BCUT2D eigenvalue weighted by Crippen LogP contribution is -2.20. The van der Waals surface area contributed by atoms with E-state index in [-0.39, 0.29) is 18.5 Å². The molecule has 0 saturated heterocycles. The van der Waals surface area contributed by atoms with Gasteiger partial charge in [0.15, 0.2) is 6.61 Å². The summed E-state index contributed by atoms with van der Waals surface area (Å²) in [5, 5.41) is 10.4. The zero-order chi connectivity index (χ0) is 19.2. The van der Waals surface area contributed by atoms with E-state index in [0.717, 1.165) is 10.5 Å². The van der Waals surface area contributed by atoms with Crippen molar-refractivity contribution in [3.63, 3.8) is 0 Å².